The average molecular weight is 268 g/mol. The van der Waals surface area contributed by atoms with Crippen LogP contribution in [0.2, 0.25) is 0 Å². The van der Waals surface area contributed by atoms with Gasteiger partial charge in [0.2, 0.25) is 0 Å². The number of phenols is 1. The Kier molecular flexibility index (Phi) is 5.78. The summed E-state index contributed by atoms with van der Waals surface area (Å²) in [6.07, 6.45) is 1.59. The molecule has 0 atom stereocenters. The second-order valence-corrected chi connectivity index (χ2v) is 4.26. The zero-order valence-corrected chi connectivity index (χ0v) is 11.0. The number of hydrogen-bond donors (Lipinski definition) is 1. The normalized spacial score (nSPS) is 18.5. The van der Waals surface area contributed by atoms with Gasteiger partial charge in [-0.05, 0) is 12.1 Å². The van der Waals surface area contributed by atoms with E-state index in [1.807, 2.05) is 0 Å². The largest absolute Gasteiger partial charge is 0.508 e. The zero-order valence-electron chi connectivity index (χ0n) is 11.0. The molecule has 0 amide bonds. The fraction of sp³-hybridized carbons (Fsp3) is 0.571. The van der Waals surface area contributed by atoms with E-state index in [9.17, 15) is 5.11 Å². The number of phenolic OH excluding ortho intramolecular Hbond substituents is 1. The summed E-state index contributed by atoms with van der Waals surface area (Å²) < 4.78 is 22.1. The van der Waals surface area contributed by atoms with Crippen LogP contribution in [0.5, 0.6) is 17.2 Å². The third kappa shape index (κ3) is 4.96. The van der Waals surface area contributed by atoms with Gasteiger partial charge in [-0.15, -0.1) is 0 Å². The van der Waals surface area contributed by atoms with Gasteiger partial charge in [0.1, 0.15) is 5.75 Å². The van der Waals surface area contributed by atoms with Crippen LogP contribution in [-0.4, -0.2) is 44.7 Å². The molecule has 0 saturated carbocycles. The molecule has 0 aromatic heterocycles. The van der Waals surface area contributed by atoms with E-state index in [0.717, 1.165) is 12.8 Å². The molecule has 5 nitrogen and oxygen atoms in total. The van der Waals surface area contributed by atoms with Crippen molar-refractivity contribution in [1.29, 1.82) is 0 Å². The molecule has 1 N–H and O–H groups in total. The van der Waals surface area contributed by atoms with E-state index in [1.165, 1.54) is 0 Å². The maximum atomic E-state index is 9.48. The number of hydrogen-bond acceptors (Lipinski definition) is 5. The summed E-state index contributed by atoms with van der Waals surface area (Å²) in [5, 5.41) is 9.48. The molecular weight excluding hydrogens is 248 g/mol. The van der Waals surface area contributed by atoms with Gasteiger partial charge in [-0.2, -0.15) is 0 Å². The summed E-state index contributed by atoms with van der Waals surface area (Å²) in [5.41, 5.74) is 0. The Morgan fingerprint density at radius 1 is 0.737 bits per heavy atom. The minimum Gasteiger partial charge on any atom is -0.508 e. The lowest BCUT2D eigenvalue weighted by Crippen LogP contribution is -2.11. The van der Waals surface area contributed by atoms with Crippen molar-refractivity contribution >= 4 is 0 Å². The van der Waals surface area contributed by atoms with Crippen LogP contribution in [0, 0.1) is 0 Å². The van der Waals surface area contributed by atoms with Gasteiger partial charge in [0.25, 0.3) is 0 Å². The molecule has 5 heteroatoms. The van der Waals surface area contributed by atoms with Crippen LogP contribution in [0.3, 0.4) is 0 Å². The van der Waals surface area contributed by atoms with Crippen LogP contribution < -0.4 is 9.47 Å². The molecule has 1 aromatic rings. The van der Waals surface area contributed by atoms with Crippen LogP contribution >= 0.6 is 0 Å². The molecular formula is C14H20O5. The van der Waals surface area contributed by atoms with Crippen LogP contribution in [0.15, 0.2) is 18.2 Å². The lowest BCUT2D eigenvalue weighted by atomic mass is 10.3. The molecule has 1 heterocycles. The van der Waals surface area contributed by atoms with Crippen LogP contribution in [0.1, 0.15) is 12.8 Å². The third-order valence-corrected chi connectivity index (χ3v) is 2.68. The first-order valence-electron chi connectivity index (χ1n) is 6.60. The summed E-state index contributed by atoms with van der Waals surface area (Å²) >= 11 is 0. The van der Waals surface area contributed by atoms with Gasteiger partial charge in [-0.25, -0.2) is 0 Å². The first kappa shape index (κ1) is 14.0. The smallest absolute Gasteiger partial charge is 0.164 e. The average Bonchev–Trinajstić information content (AvgIpc) is 2.41. The lowest BCUT2D eigenvalue weighted by Gasteiger charge is -2.14. The third-order valence-electron chi connectivity index (χ3n) is 2.68. The van der Waals surface area contributed by atoms with Crippen LogP contribution in [0.4, 0.5) is 0 Å². The van der Waals surface area contributed by atoms with Crippen molar-refractivity contribution in [3.8, 4) is 17.2 Å². The lowest BCUT2D eigenvalue weighted by molar-refractivity contribution is 0.0380. The van der Waals surface area contributed by atoms with Gasteiger partial charge < -0.3 is 24.1 Å². The van der Waals surface area contributed by atoms with Gasteiger partial charge in [0.05, 0.1) is 26.4 Å². The highest BCUT2D eigenvalue weighted by molar-refractivity contribution is 5.45. The Morgan fingerprint density at radius 2 is 1.37 bits per heavy atom. The molecule has 0 saturated heterocycles. The highest BCUT2D eigenvalue weighted by Crippen LogP contribution is 2.31. The SMILES string of the molecule is Oc1ccc2c(c1)OCCCOCCOCCCO2. The van der Waals surface area contributed by atoms with Crippen LogP contribution in [0.25, 0.3) is 0 Å². The Bertz CT molecular complexity index is 380. The number of aromatic hydroxyl groups is 1. The van der Waals surface area contributed by atoms with Gasteiger partial charge >= 0.3 is 0 Å². The summed E-state index contributed by atoms with van der Waals surface area (Å²) in [4.78, 5) is 0. The van der Waals surface area contributed by atoms with Crippen molar-refractivity contribution in [3.05, 3.63) is 18.2 Å². The van der Waals surface area contributed by atoms with E-state index in [4.69, 9.17) is 18.9 Å². The molecule has 1 aliphatic rings. The Labute approximate surface area is 113 Å². The van der Waals surface area contributed by atoms with E-state index < -0.39 is 0 Å². The molecule has 106 valence electrons. The molecule has 0 radical (unpaired) electrons. The topological polar surface area (TPSA) is 57.2 Å². The van der Waals surface area contributed by atoms with Crippen LogP contribution in [-0.2, 0) is 9.47 Å². The highest BCUT2D eigenvalue weighted by Gasteiger charge is 2.07. The summed E-state index contributed by atoms with van der Waals surface area (Å²) in [7, 11) is 0. The quantitative estimate of drug-likeness (QED) is 0.779. The van der Waals surface area contributed by atoms with Crippen molar-refractivity contribution in [2.45, 2.75) is 12.8 Å². The van der Waals surface area contributed by atoms with E-state index in [0.29, 0.717) is 51.1 Å². The predicted octanol–water partition coefficient (Wildman–Crippen LogP) is 1.98. The fourth-order valence-electron chi connectivity index (χ4n) is 1.74. The molecule has 2 rings (SSSR count). The fourth-order valence-corrected chi connectivity index (χ4v) is 1.74. The number of benzene rings is 1. The first-order valence-corrected chi connectivity index (χ1v) is 6.60. The molecule has 0 fully saturated rings. The van der Waals surface area contributed by atoms with Gasteiger partial charge in [0, 0.05) is 32.1 Å². The Morgan fingerprint density at radius 3 is 2.05 bits per heavy atom. The van der Waals surface area contributed by atoms with E-state index in [2.05, 4.69) is 0 Å². The highest BCUT2D eigenvalue weighted by atomic mass is 16.5. The van der Waals surface area contributed by atoms with Gasteiger partial charge in [0.15, 0.2) is 11.5 Å². The molecule has 0 spiro atoms. The predicted molar refractivity (Wildman–Crippen MR) is 70.0 cm³/mol. The van der Waals surface area contributed by atoms with Crippen molar-refractivity contribution in [2.75, 3.05) is 39.6 Å². The van der Waals surface area contributed by atoms with E-state index >= 15 is 0 Å². The van der Waals surface area contributed by atoms with Crippen molar-refractivity contribution in [1.82, 2.24) is 0 Å². The Hall–Kier alpha value is -1.46. The second-order valence-electron chi connectivity index (χ2n) is 4.26. The molecule has 1 aromatic carbocycles. The second kappa shape index (κ2) is 7.86. The number of fused-ring (bicyclic) bond motifs is 1. The summed E-state index contributed by atoms with van der Waals surface area (Å²) in [6, 6.07) is 4.87. The minimum atomic E-state index is 0.169. The number of rotatable bonds is 0. The van der Waals surface area contributed by atoms with Gasteiger partial charge in [-0.3, -0.25) is 0 Å². The zero-order chi connectivity index (χ0) is 13.3. The first-order chi connectivity index (χ1) is 9.36. The summed E-state index contributed by atoms with van der Waals surface area (Å²) in [5.74, 6) is 1.39. The van der Waals surface area contributed by atoms with Gasteiger partial charge in [-0.1, -0.05) is 0 Å². The minimum absolute atomic E-state index is 0.169. The van der Waals surface area contributed by atoms with E-state index in [1.54, 1.807) is 18.2 Å². The molecule has 0 aliphatic carbocycles. The molecule has 0 bridgehead atoms. The van der Waals surface area contributed by atoms with Crippen molar-refractivity contribution < 1.29 is 24.1 Å². The van der Waals surface area contributed by atoms with Crippen molar-refractivity contribution in [2.24, 2.45) is 0 Å². The maximum absolute atomic E-state index is 9.48. The molecule has 1 aliphatic heterocycles. The van der Waals surface area contributed by atoms with E-state index in [-0.39, 0.29) is 5.75 Å². The van der Waals surface area contributed by atoms with Crippen molar-refractivity contribution in [3.63, 3.8) is 0 Å². The maximum Gasteiger partial charge on any atom is 0.164 e. The monoisotopic (exact) mass is 268 g/mol. The molecule has 19 heavy (non-hydrogen) atoms. The standard InChI is InChI=1S/C14H20O5/c15-12-3-4-13-14(11-12)19-8-2-6-17-10-9-16-5-1-7-18-13/h3-4,11,15H,1-2,5-10H2. The number of ether oxygens (including phenoxy) is 4. The Balaban J connectivity index is 1.97. The molecule has 0 unspecified atom stereocenters. The summed E-state index contributed by atoms with van der Waals surface area (Å²) in [6.45, 7) is 3.60.